The van der Waals surface area contributed by atoms with Crippen molar-refractivity contribution >= 4 is 34.7 Å². The summed E-state index contributed by atoms with van der Waals surface area (Å²) >= 11 is 1.38. The summed E-state index contributed by atoms with van der Waals surface area (Å²) < 4.78 is 14.2. The molecule has 3 aliphatic rings. The van der Waals surface area contributed by atoms with E-state index in [1.54, 1.807) is 19.0 Å². The van der Waals surface area contributed by atoms with Crippen LogP contribution in [0.5, 0.6) is 0 Å². The number of aliphatic imine (C=N–C) groups is 1. The van der Waals surface area contributed by atoms with E-state index in [1.165, 1.54) is 36.2 Å². The maximum absolute atomic E-state index is 14.8. The van der Waals surface area contributed by atoms with Crippen LogP contribution in [0.25, 0.3) is 11.9 Å². The number of fused-ring (bicyclic) bond motifs is 4. The summed E-state index contributed by atoms with van der Waals surface area (Å²) in [5, 5.41) is 9.32. The molecule has 6 nitrogen and oxygen atoms in total. The Hall–Kier alpha value is -3.18. The second kappa shape index (κ2) is 6.91. The predicted molar refractivity (Wildman–Crippen MR) is 123 cm³/mol. The number of nitrogens with zero attached hydrogens (tertiary/aromatic N) is 4. The Morgan fingerprint density at radius 1 is 1.38 bits per heavy atom. The van der Waals surface area contributed by atoms with Gasteiger partial charge in [0, 0.05) is 32.6 Å². The van der Waals surface area contributed by atoms with Crippen molar-refractivity contribution in [3.05, 3.63) is 64.5 Å². The van der Waals surface area contributed by atoms with Gasteiger partial charge in [-0.25, -0.2) is 4.39 Å². The number of pyridine rings is 1. The van der Waals surface area contributed by atoms with Crippen LogP contribution in [0.4, 0.5) is 4.39 Å². The molecule has 1 aliphatic heterocycles. The van der Waals surface area contributed by atoms with Gasteiger partial charge < -0.3 is 10.6 Å². The number of halogens is 1. The summed E-state index contributed by atoms with van der Waals surface area (Å²) in [5.41, 5.74) is 9.10. The van der Waals surface area contributed by atoms with Gasteiger partial charge in [-0.1, -0.05) is 30.8 Å². The van der Waals surface area contributed by atoms with Crippen LogP contribution in [-0.4, -0.2) is 39.8 Å². The number of amides is 1. The van der Waals surface area contributed by atoms with Crippen LogP contribution in [-0.2, 0) is 16.8 Å². The number of nitriles is 1. The van der Waals surface area contributed by atoms with Crippen molar-refractivity contribution in [2.45, 2.75) is 23.6 Å². The normalized spacial score (nSPS) is 29.8. The molecule has 2 unspecified atom stereocenters. The minimum atomic E-state index is -0.587. The van der Waals surface area contributed by atoms with Crippen LogP contribution in [0.2, 0.25) is 0 Å². The molecule has 162 valence electrons. The van der Waals surface area contributed by atoms with Gasteiger partial charge in [0.15, 0.2) is 5.17 Å². The van der Waals surface area contributed by atoms with E-state index in [2.05, 4.69) is 11.9 Å². The zero-order valence-corrected chi connectivity index (χ0v) is 18.8. The fraction of sp³-hybridized carbons (Fsp3) is 0.333. The molecule has 2 aliphatic carbocycles. The molecular formula is C24H22FN5OS. The Morgan fingerprint density at radius 3 is 2.81 bits per heavy atom. The molecule has 1 saturated carbocycles. The van der Waals surface area contributed by atoms with Crippen molar-refractivity contribution in [1.29, 1.82) is 5.26 Å². The van der Waals surface area contributed by atoms with Crippen molar-refractivity contribution in [3.8, 4) is 6.07 Å². The molecule has 2 aromatic rings. The average Bonchev–Trinajstić information content (AvgIpc) is 3.38. The number of thioether (sulfide) groups is 1. The van der Waals surface area contributed by atoms with E-state index < -0.39 is 16.1 Å². The smallest absolute Gasteiger partial charge is 0.239 e. The molecule has 1 aromatic heterocycles. The Labute approximate surface area is 190 Å². The molecule has 1 fully saturated rings. The molecule has 2 N–H and O–H groups in total. The second-order valence-electron chi connectivity index (χ2n) is 8.86. The highest BCUT2D eigenvalue weighted by Gasteiger charge is 2.78. The number of hydrogen-bond donors (Lipinski definition) is 1. The molecule has 1 aromatic carbocycles. The average molecular weight is 448 g/mol. The number of hydrogen-bond acceptors (Lipinski definition) is 6. The first-order valence-electron chi connectivity index (χ1n) is 10.4. The third kappa shape index (κ3) is 2.74. The Bertz CT molecular complexity index is 1250. The predicted octanol–water partition coefficient (Wildman–Crippen LogP) is 3.33. The van der Waals surface area contributed by atoms with Gasteiger partial charge in [0.05, 0.1) is 16.8 Å². The first kappa shape index (κ1) is 20.7. The largest absolute Gasteiger partial charge is 0.378 e. The fourth-order valence-corrected chi connectivity index (χ4v) is 6.96. The number of aromatic nitrogens is 1. The van der Waals surface area contributed by atoms with Crippen LogP contribution < -0.4 is 5.73 Å². The molecule has 0 bridgehead atoms. The Balaban J connectivity index is 1.51. The van der Waals surface area contributed by atoms with Crippen molar-refractivity contribution < 1.29 is 9.18 Å². The number of carbonyl (C=O) groups is 1. The van der Waals surface area contributed by atoms with E-state index in [1.807, 2.05) is 24.3 Å². The van der Waals surface area contributed by atoms with Crippen molar-refractivity contribution in [2.75, 3.05) is 14.1 Å². The summed E-state index contributed by atoms with van der Waals surface area (Å²) in [6.07, 6.45) is 3.51. The minimum Gasteiger partial charge on any atom is -0.378 e. The quantitative estimate of drug-likeness (QED) is 0.779. The van der Waals surface area contributed by atoms with E-state index in [-0.39, 0.29) is 23.4 Å². The summed E-state index contributed by atoms with van der Waals surface area (Å²) in [7, 11) is 3.54. The molecule has 1 spiro atoms. The first-order chi connectivity index (χ1) is 15.2. The van der Waals surface area contributed by atoms with Crippen LogP contribution >= 0.6 is 11.8 Å². The number of benzene rings is 1. The number of nitrogens with two attached hydrogens (primary N) is 1. The van der Waals surface area contributed by atoms with Crippen molar-refractivity contribution in [3.63, 3.8) is 0 Å². The van der Waals surface area contributed by atoms with Gasteiger partial charge in [0.25, 0.3) is 0 Å². The van der Waals surface area contributed by atoms with E-state index in [0.29, 0.717) is 16.3 Å². The molecule has 0 saturated heterocycles. The zero-order valence-electron chi connectivity index (χ0n) is 18.0. The van der Waals surface area contributed by atoms with Crippen LogP contribution in [0, 0.1) is 23.2 Å². The van der Waals surface area contributed by atoms with Gasteiger partial charge in [0.2, 0.25) is 5.91 Å². The van der Waals surface area contributed by atoms with Gasteiger partial charge in [0.1, 0.15) is 16.6 Å². The van der Waals surface area contributed by atoms with E-state index >= 15 is 0 Å². The van der Waals surface area contributed by atoms with Crippen LogP contribution in [0.3, 0.4) is 0 Å². The molecule has 1 amide bonds. The van der Waals surface area contributed by atoms with Gasteiger partial charge in [-0.3, -0.25) is 14.8 Å². The van der Waals surface area contributed by atoms with Gasteiger partial charge in [-0.2, -0.15) is 5.26 Å². The monoisotopic (exact) mass is 447 g/mol. The molecule has 32 heavy (non-hydrogen) atoms. The number of rotatable bonds is 3. The zero-order chi connectivity index (χ0) is 22.8. The third-order valence-corrected chi connectivity index (χ3v) is 8.30. The van der Waals surface area contributed by atoms with Crippen LogP contribution in [0.1, 0.15) is 34.9 Å². The van der Waals surface area contributed by atoms with Gasteiger partial charge in [-0.05, 0) is 46.9 Å². The highest BCUT2D eigenvalue weighted by Crippen LogP contribution is 2.73. The highest BCUT2D eigenvalue weighted by atomic mass is 32.2. The number of amidine groups is 1. The molecule has 8 heteroatoms. The summed E-state index contributed by atoms with van der Waals surface area (Å²) in [4.78, 5) is 23.6. The van der Waals surface area contributed by atoms with Crippen LogP contribution in [0.15, 0.2) is 41.5 Å². The van der Waals surface area contributed by atoms with Crippen molar-refractivity contribution in [2.24, 2.45) is 22.6 Å². The topological polar surface area (TPSA) is 95.4 Å². The van der Waals surface area contributed by atoms with Gasteiger partial charge >= 0.3 is 0 Å². The lowest BCUT2D eigenvalue weighted by molar-refractivity contribution is -0.129. The molecular weight excluding hydrogens is 425 g/mol. The fourth-order valence-electron chi connectivity index (χ4n) is 5.36. The summed E-state index contributed by atoms with van der Waals surface area (Å²) in [6.45, 7) is 2.09. The van der Waals surface area contributed by atoms with E-state index in [0.717, 1.165) is 17.5 Å². The Morgan fingerprint density at radius 2 is 2.16 bits per heavy atom. The van der Waals surface area contributed by atoms with Gasteiger partial charge in [-0.15, -0.1) is 0 Å². The lowest BCUT2D eigenvalue weighted by Crippen LogP contribution is -2.49. The van der Waals surface area contributed by atoms with E-state index in [4.69, 9.17) is 16.0 Å². The molecule has 4 atom stereocenters. The number of carbonyl (C=O) groups excluding carboxylic acids is 1. The summed E-state index contributed by atoms with van der Waals surface area (Å²) in [6, 6.07) is 10.8. The van der Waals surface area contributed by atoms with Crippen molar-refractivity contribution in [1.82, 2.24) is 9.88 Å². The Kier molecular flexibility index (Phi) is 4.47. The highest BCUT2D eigenvalue weighted by molar-refractivity contribution is 8.15. The lowest BCUT2D eigenvalue weighted by Gasteiger charge is -2.45. The molecule has 2 heterocycles. The molecule has 5 rings (SSSR count). The maximum Gasteiger partial charge on any atom is 0.239 e. The standard InChI is InChI=1S/C24H22FN5OS/c1-13-20-23(29-22(27)32-24(13,20)21(31)30(2)3)10-16-6-4-14(8-17(16)23)9-18(25)19-7-5-15(11-26)12-28-19/h4-9,12-13,20H,10H2,1-3H3,(H2,27,29)/b18-9-/t13?,20?,23-,24+/m1/s1. The SMILES string of the molecule is CC1C2[C@@]1(C(=O)N(C)C)SC(N)=N[C@@]21Cc2ccc(/C=C(\F)c3ccc(C#N)cn3)cc21. The minimum absolute atomic E-state index is 0.0546. The maximum atomic E-state index is 14.8. The second-order valence-corrected chi connectivity index (χ2v) is 10.2. The third-order valence-electron chi connectivity index (χ3n) is 6.86. The molecule has 0 radical (unpaired) electrons. The summed E-state index contributed by atoms with van der Waals surface area (Å²) in [5.74, 6) is -0.222. The first-order valence-corrected chi connectivity index (χ1v) is 11.2. The lowest BCUT2D eigenvalue weighted by atomic mass is 9.66. The van der Waals surface area contributed by atoms with E-state index in [9.17, 15) is 9.18 Å².